The normalized spacial score (nSPS) is 11.6. The van der Waals surface area contributed by atoms with E-state index < -0.39 is 18.5 Å². The van der Waals surface area contributed by atoms with Gasteiger partial charge in [-0.3, -0.25) is 4.79 Å². The molecule has 0 saturated heterocycles. The van der Waals surface area contributed by atoms with E-state index in [1.165, 1.54) is 6.20 Å². The van der Waals surface area contributed by atoms with Crippen LogP contribution < -0.4 is 5.32 Å². The fourth-order valence-corrected chi connectivity index (χ4v) is 2.14. The number of hydrogen-bond acceptors (Lipinski definition) is 2. The van der Waals surface area contributed by atoms with E-state index in [4.69, 9.17) is 11.6 Å². The van der Waals surface area contributed by atoms with Crippen LogP contribution >= 0.6 is 11.6 Å². The molecule has 0 aliphatic rings. The molecule has 0 saturated carbocycles. The van der Waals surface area contributed by atoms with Gasteiger partial charge >= 0.3 is 6.18 Å². The van der Waals surface area contributed by atoms with E-state index in [1.807, 2.05) is 0 Å². The van der Waals surface area contributed by atoms with E-state index >= 15 is 0 Å². The first-order chi connectivity index (χ1) is 9.88. The van der Waals surface area contributed by atoms with E-state index in [0.29, 0.717) is 16.3 Å². The van der Waals surface area contributed by atoms with Crippen LogP contribution in [-0.4, -0.2) is 23.6 Å². The number of fused-ring (bicyclic) bond motifs is 1. The number of carbonyl (C=O) groups is 1. The summed E-state index contributed by atoms with van der Waals surface area (Å²) in [6.07, 6.45) is -3.97. The fourth-order valence-electron chi connectivity index (χ4n) is 1.93. The first-order valence-corrected chi connectivity index (χ1v) is 6.64. The Kier molecular flexibility index (Phi) is 4.67. The Hall–Kier alpha value is -1.82. The second-order valence-electron chi connectivity index (χ2n) is 4.48. The maximum Gasteiger partial charge on any atom is 0.389 e. The molecule has 0 atom stereocenters. The molecule has 0 bridgehead atoms. The predicted octanol–water partition coefficient (Wildman–Crippen LogP) is 3.96. The molecule has 1 aromatic carbocycles. The van der Waals surface area contributed by atoms with Crippen molar-refractivity contribution in [2.45, 2.75) is 19.0 Å². The molecular formula is C14H12ClF3N2O. The first kappa shape index (κ1) is 15.6. The number of alkyl halides is 3. The Balaban J connectivity index is 2.08. The number of nitrogens with zero attached hydrogens (tertiary/aromatic N) is 1. The summed E-state index contributed by atoms with van der Waals surface area (Å²) >= 11 is 5.94. The van der Waals surface area contributed by atoms with E-state index in [2.05, 4.69) is 10.3 Å². The summed E-state index contributed by atoms with van der Waals surface area (Å²) < 4.78 is 36.1. The molecule has 1 heterocycles. The average Bonchev–Trinajstić information content (AvgIpc) is 2.43. The van der Waals surface area contributed by atoms with Crippen molar-refractivity contribution in [1.82, 2.24) is 10.3 Å². The standard InChI is InChI=1S/C14H12ClF3N2O/c15-12-10-5-2-1-4-9(10)11(8-20-12)13(21)19-7-3-6-14(16,17)18/h1-2,4-5,8H,3,6-7H2,(H,19,21). The molecule has 0 aliphatic carbocycles. The molecule has 1 amide bonds. The van der Waals surface area contributed by atoms with Crippen molar-refractivity contribution in [3.05, 3.63) is 41.2 Å². The lowest BCUT2D eigenvalue weighted by molar-refractivity contribution is -0.135. The molecule has 1 aromatic heterocycles. The van der Waals surface area contributed by atoms with Crippen molar-refractivity contribution in [3.8, 4) is 0 Å². The third kappa shape index (κ3) is 4.07. The van der Waals surface area contributed by atoms with Gasteiger partial charge in [-0.2, -0.15) is 13.2 Å². The Labute approximate surface area is 124 Å². The lowest BCUT2D eigenvalue weighted by Gasteiger charge is -2.09. The summed E-state index contributed by atoms with van der Waals surface area (Å²) in [5.74, 6) is -0.461. The van der Waals surface area contributed by atoms with Gasteiger partial charge in [0.05, 0.1) is 5.56 Å². The zero-order valence-corrected chi connectivity index (χ0v) is 11.6. The summed E-state index contributed by atoms with van der Waals surface area (Å²) in [5, 5.41) is 3.98. The number of halogens is 4. The van der Waals surface area contributed by atoms with Gasteiger partial charge in [0.1, 0.15) is 5.15 Å². The SMILES string of the molecule is O=C(NCCCC(F)(F)F)c1cnc(Cl)c2ccccc12. The number of aromatic nitrogens is 1. The minimum Gasteiger partial charge on any atom is -0.352 e. The second kappa shape index (κ2) is 6.30. The van der Waals surface area contributed by atoms with Crippen LogP contribution in [0, 0.1) is 0 Å². The summed E-state index contributed by atoms with van der Waals surface area (Å²) in [4.78, 5) is 15.9. The summed E-state index contributed by atoms with van der Waals surface area (Å²) in [5.41, 5.74) is 0.294. The van der Waals surface area contributed by atoms with Gasteiger partial charge in [0.25, 0.3) is 5.91 Å². The van der Waals surface area contributed by atoms with Gasteiger partial charge in [-0.1, -0.05) is 35.9 Å². The fraction of sp³-hybridized carbons (Fsp3) is 0.286. The molecule has 2 aromatic rings. The Morgan fingerprint density at radius 2 is 1.90 bits per heavy atom. The Morgan fingerprint density at radius 3 is 2.57 bits per heavy atom. The molecule has 0 aliphatic heterocycles. The van der Waals surface area contributed by atoms with E-state index in [1.54, 1.807) is 24.3 Å². The van der Waals surface area contributed by atoms with Crippen molar-refractivity contribution in [2.75, 3.05) is 6.54 Å². The number of amides is 1. The van der Waals surface area contributed by atoms with Crippen LogP contribution in [0.1, 0.15) is 23.2 Å². The van der Waals surface area contributed by atoms with E-state index in [9.17, 15) is 18.0 Å². The number of nitrogens with one attached hydrogen (secondary N) is 1. The molecule has 0 unspecified atom stereocenters. The van der Waals surface area contributed by atoms with Gasteiger partial charge in [-0.05, 0) is 11.8 Å². The summed E-state index contributed by atoms with van der Waals surface area (Å²) in [6.45, 7) is -0.0463. The topological polar surface area (TPSA) is 42.0 Å². The minimum absolute atomic E-state index is 0.0463. The van der Waals surface area contributed by atoms with Gasteiger partial charge in [0.15, 0.2) is 0 Å². The Bertz CT molecular complexity index is 658. The molecule has 0 radical (unpaired) electrons. The lowest BCUT2D eigenvalue weighted by atomic mass is 10.1. The van der Waals surface area contributed by atoms with Crippen molar-refractivity contribution < 1.29 is 18.0 Å². The van der Waals surface area contributed by atoms with Crippen molar-refractivity contribution in [2.24, 2.45) is 0 Å². The average molecular weight is 317 g/mol. The van der Waals surface area contributed by atoms with Crippen LogP contribution in [0.4, 0.5) is 13.2 Å². The molecule has 7 heteroatoms. The van der Waals surface area contributed by atoms with E-state index in [0.717, 1.165) is 0 Å². The molecule has 0 spiro atoms. The third-order valence-corrected chi connectivity index (χ3v) is 3.21. The predicted molar refractivity (Wildman–Crippen MR) is 74.4 cm³/mol. The van der Waals surface area contributed by atoms with Gasteiger partial charge in [0, 0.05) is 24.5 Å². The molecule has 3 nitrogen and oxygen atoms in total. The number of rotatable bonds is 4. The quantitative estimate of drug-likeness (QED) is 0.685. The van der Waals surface area contributed by atoms with Crippen LogP contribution in [0.25, 0.3) is 10.8 Å². The van der Waals surface area contributed by atoms with Gasteiger partial charge in [-0.15, -0.1) is 0 Å². The smallest absolute Gasteiger partial charge is 0.352 e. The van der Waals surface area contributed by atoms with Gasteiger partial charge in [0.2, 0.25) is 0 Å². The maximum absolute atomic E-state index is 12.0. The van der Waals surface area contributed by atoms with Crippen molar-refractivity contribution >= 4 is 28.3 Å². The summed E-state index contributed by atoms with van der Waals surface area (Å²) in [7, 11) is 0. The minimum atomic E-state index is -4.21. The molecule has 1 N–H and O–H groups in total. The van der Waals surface area contributed by atoms with Crippen LogP contribution in [0.3, 0.4) is 0 Å². The number of hydrogen-bond donors (Lipinski definition) is 1. The number of benzene rings is 1. The lowest BCUT2D eigenvalue weighted by Crippen LogP contribution is -2.26. The van der Waals surface area contributed by atoms with Crippen LogP contribution in [0.15, 0.2) is 30.5 Å². The second-order valence-corrected chi connectivity index (χ2v) is 4.84. The maximum atomic E-state index is 12.0. The molecule has 21 heavy (non-hydrogen) atoms. The molecular weight excluding hydrogens is 305 g/mol. The molecule has 0 fully saturated rings. The monoisotopic (exact) mass is 316 g/mol. The van der Waals surface area contributed by atoms with E-state index in [-0.39, 0.29) is 18.1 Å². The first-order valence-electron chi connectivity index (χ1n) is 6.26. The van der Waals surface area contributed by atoms with Crippen LogP contribution in [0.5, 0.6) is 0 Å². The van der Waals surface area contributed by atoms with Crippen molar-refractivity contribution in [1.29, 1.82) is 0 Å². The number of pyridine rings is 1. The largest absolute Gasteiger partial charge is 0.389 e. The highest BCUT2D eigenvalue weighted by Crippen LogP contribution is 2.24. The zero-order chi connectivity index (χ0) is 15.5. The highest BCUT2D eigenvalue weighted by Gasteiger charge is 2.26. The van der Waals surface area contributed by atoms with Crippen LogP contribution in [-0.2, 0) is 0 Å². The highest BCUT2D eigenvalue weighted by molar-refractivity contribution is 6.34. The summed E-state index contributed by atoms with van der Waals surface area (Å²) in [6, 6.07) is 6.96. The van der Waals surface area contributed by atoms with Crippen LogP contribution in [0.2, 0.25) is 5.15 Å². The number of carbonyl (C=O) groups excluding carboxylic acids is 1. The van der Waals surface area contributed by atoms with Gasteiger partial charge < -0.3 is 5.32 Å². The van der Waals surface area contributed by atoms with Crippen molar-refractivity contribution in [3.63, 3.8) is 0 Å². The Morgan fingerprint density at radius 1 is 1.24 bits per heavy atom. The highest BCUT2D eigenvalue weighted by atomic mass is 35.5. The molecule has 2 rings (SSSR count). The third-order valence-electron chi connectivity index (χ3n) is 2.91. The molecule has 112 valence electrons. The van der Waals surface area contributed by atoms with Gasteiger partial charge in [-0.25, -0.2) is 4.98 Å². The zero-order valence-electron chi connectivity index (χ0n) is 10.9.